The maximum Gasteiger partial charge on any atom is 0.139 e. The number of hydrogen-bond donors (Lipinski definition) is 1. The van der Waals surface area contributed by atoms with E-state index < -0.39 is 5.54 Å². The van der Waals surface area contributed by atoms with Gasteiger partial charge in [-0.15, -0.1) is 0 Å². The number of H-pyrrole nitrogens is 1. The van der Waals surface area contributed by atoms with Crippen LogP contribution in [0.15, 0.2) is 80.8 Å². The maximum atomic E-state index is 9.77. The second-order valence-corrected chi connectivity index (χ2v) is 9.79. The number of benzene rings is 2. The topological polar surface area (TPSA) is 149 Å². The van der Waals surface area contributed by atoms with Gasteiger partial charge in [0, 0.05) is 16.2 Å². The van der Waals surface area contributed by atoms with Crippen molar-refractivity contribution in [3.63, 3.8) is 0 Å². The molecule has 2 heterocycles. The number of nitrogens with one attached hydrogen (secondary N) is 1. The average molecular weight is 501 g/mol. The van der Waals surface area contributed by atoms with Gasteiger partial charge in [-0.05, 0) is 48.4 Å². The fraction of sp³-hybridized carbons (Fsp3) is 0.129. The lowest BCUT2D eigenvalue weighted by atomic mass is 9.86. The Bertz CT molecular complexity index is 2300. The lowest BCUT2D eigenvalue weighted by molar-refractivity contribution is 0.723. The van der Waals surface area contributed by atoms with Gasteiger partial charge < -0.3 is 4.98 Å². The predicted molar refractivity (Wildman–Crippen MR) is 143 cm³/mol. The van der Waals surface area contributed by atoms with Gasteiger partial charge in [0.1, 0.15) is 41.0 Å². The molecule has 0 spiro atoms. The zero-order chi connectivity index (χ0) is 26.9. The van der Waals surface area contributed by atoms with E-state index in [-0.39, 0.29) is 11.1 Å². The number of rotatable bonds is 0. The van der Waals surface area contributed by atoms with Gasteiger partial charge >= 0.3 is 0 Å². The lowest BCUT2D eigenvalue weighted by Crippen LogP contribution is -2.37. The average Bonchev–Trinajstić information content (AvgIpc) is 3.40. The maximum absolute atomic E-state index is 9.77. The van der Waals surface area contributed by atoms with Gasteiger partial charge in [-0.1, -0.05) is 36.4 Å². The summed E-state index contributed by atoms with van der Waals surface area (Å²) in [5, 5.41) is 42.9. The molecule has 7 rings (SSSR count). The first kappa shape index (κ1) is 22.4. The molecule has 1 unspecified atom stereocenters. The number of nitrogens with zero attached hydrogens (tertiary/aromatic N) is 7. The van der Waals surface area contributed by atoms with Crippen LogP contribution in [0.2, 0.25) is 0 Å². The molecule has 39 heavy (non-hydrogen) atoms. The Morgan fingerprint density at radius 3 is 2.46 bits per heavy atom. The van der Waals surface area contributed by atoms with Crippen LogP contribution in [0.25, 0.3) is 27.4 Å². The minimum absolute atomic E-state index is 0.00832. The predicted octanol–water partition coefficient (Wildman–Crippen LogP) is 4.11. The number of nitriles is 4. The molecule has 1 atom stereocenters. The van der Waals surface area contributed by atoms with Crippen molar-refractivity contribution in [2.45, 2.75) is 25.3 Å². The van der Waals surface area contributed by atoms with Gasteiger partial charge in [0.2, 0.25) is 0 Å². The highest BCUT2D eigenvalue weighted by Gasteiger charge is 2.48. The molecule has 0 bridgehead atoms. The summed E-state index contributed by atoms with van der Waals surface area (Å²) >= 11 is 0. The minimum atomic E-state index is -0.971. The molecule has 8 heteroatoms. The Hall–Kier alpha value is -5.83. The normalized spacial score (nSPS) is 18.8. The quantitative estimate of drug-likeness (QED) is 0.361. The Morgan fingerprint density at radius 1 is 0.974 bits per heavy atom. The molecule has 180 valence electrons. The molecule has 0 radical (unpaired) electrons. The highest BCUT2D eigenvalue weighted by atomic mass is 15.0. The summed E-state index contributed by atoms with van der Waals surface area (Å²) in [5.74, 6) is 0. The van der Waals surface area contributed by atoms with Gasteiger partial charge in [0.05, 0.1) is 38.5 Å². The fourth-order valence-electron chi connectivity index (χ4n) is 6.10. The first-order chi connectivity index (χ1) is 19.0. The van der Waals surface area contributed by atoms with Crippen LogP contribution >= 0.6 is 0 Å². The van der Waals surface area contributed by atoms with Gasteiger partial charge in [0.15, 0.2) is 0 Å². The number of aromatic amines is 1. The van der Waals surface area contributed by atoms with E-state index in [1.54, 1.807) is 0 Å². The summed E-state index contributed by atoms with van der Waals surface area (Å²) in [6, 6.07) is 19.5. The summed E-state index contributed by atoms with van der Waals surface area (Å²) < 4.78 is 0. The highest BCUT2D eigenvalue weighted by Crippen LogP contribution is 2.47. The van der Waals surface area contributed by atoms with Crippen LogP contribution in [-0.2, 0) is 0 Å². The molecule has 0 fully saturated rings. The summed E-state index contributed by atoms with van der Waals surface area (Å²) in [7, 11) is 0. The van der Waals surface area contributed by atoms with Crippen LogP contribution in [0.4, 0.5) is 5.69 Å². The van der Waals surface area contributed by atoms with E-state index in [0.717, 1.165) is 40.5 Å². The molecular formula is C31H16N8. The van der Waals surface area contributed by atoms with Gasteiger partial charge in [-0.25, -0.2) is 9.98 Å². The highest BCUT2D eigenvalue weighted by molar-refractivity contribution is 6.17. The van der Waals surface area contributed by atoms with Gasteiger partial charge in [-0.2, -0.15) is 21.0 Å². The van der Waals surface area contributed by atoms with E-state index >= 15 is 0 Å². The molecule has 1 N–H and O–H groups in total. The van der Waals surface area contributed by atoms with Crippen molar-refractivity contribution in [3.05, 3.63) is 92.1 Å². The summed E-state index contributed by atoms with van der Waals surface area (Å²) in [5.41, 5.74) is 4.30. The Morgan fingerprint density at radius 2 is 1.72 bits per heavy atom. The third-order valence-corrected chi connectivity index (χ3v) is 7.72. The zero-order valence-corrected chi connectivity index (χ0v) is 20.7. The lowest BCUT2D eigenvalue weighted by Gasteiger charge is -2.27. The summed E-state index contributed by atoms with van der Waals surface area (Å²) in [4.78, 5) is 18.5. The van der Waals surface area contributed by atoms with Gasteiger partial charge in [-0.3, -0.25) is 4.99 Å². The van der Waals surface area contributed by atoms with Crippen LogP contribution < -0.4 is 10.6 Å². The van der Waals surface area contributed by atoms with E-state index in [1.807, 2.05) is 67.6 Å². The van der Waals surface area contributed by atoms with Crippen LogP contribution in [0, 0.1) is 56.0 Å². The number of allylic oxidation sites excluding steroid dienone is 3. The Balaban J connectivity index is 1.59. The van der Waals surface area contributed by atoms with Gasteiger partial charge in [0.25, 0.3) is 0 Å². The third kappa shape index (κ3) is 2.86. The largest absolute Gasteiger partial charge is 0.351 e. The smallest absolute Gasteiger partial charge is 0.139 e. The second-order valence-electron chi connectivity index (χ2n) is 9.79. The molecule has 2 aromatic carbocycles. The molecule has 0 saturated carbocycles. The third-order valence-electron chi connectivity index (χ3n) is 7.72. The van der Waals surface area contributed by atoms with Crippen molar-refractivity contribution in [2.24, 2.45) is 9.98 Å². The van der Waals surface area contributed by atoms with Crippen molar-refractivity contribution >= 4 is 38.8 Å². The molecule has 0 saturated heterocycles. The van der Waals surface area contributed by atoms with Crippen molar-refractivity contribution < 1.29 is 0 Å². The first-order valence-electron chi connectivity index (χ1n) is 12.4. The SMILES string of the molecule is CC12N=c3cc4[nH]c5c(=C(C#N)C#N)c6ccccc6c=5nc4cc3N=C1C1=C(C=CCC1)C2=C(C#N)C#N. The van der Waals surface area contributed by atoms with Crippen LogP contribution in [0.3, 0.4) is 0 Å². The number of hydrogen-bond acceptors (Lipinski definition) is 7. The van der Waals surface area contributed by atoms with E-state index in [2.05, 4.69) is 17.1 Å². The summed E-state index contributed by atoms with van der Waals surface area (Å²) in [6.45, 7) is 1.91. The van der Waals surface area contributed by atoms with E-state index in [0.29, 0.717) is 43.6 Å². The molecule has 2 aromatic rings. The molecule has 3 aliphatic carbocycles. The molecule has 0 amide bonds. The van der Waals surface area contributed by atoms with Crippen LogP contribution in [-0.4, -0.2) is 21.2 Å². The van der Waals surface area contributed by atoms with E-state index in [9.17, 15) is 21.0 Å². The summed E-state index contributed by atoms with van der Waals surface area (Å²) in [6.07, 6.45) is 5.64. The number of aliphatic imine (C=N–C) groups is 1. The fourth-order valence-corrected chi connectivity index (χ4v) is 6.10. The molecule has 0 aromatic heterocycles. The van der Waals surface area contributed by atoms with Crippen molar-refractivity contribution in [1.82, 2.24) is 9.97 Å². The minimum Gasteiger partial charge on any atom is -0.351 e. The molecule has 8 nitrogen and oxygen atoms in total. The van der Waals surface area contributed by atoms with Crippen molar-refractivity contribution in [3.8, 4) is 24.3 Å². The van der Waals surface area contributed by atoms with E-state index in [4.69, 9.17) is 15.0 Å². The zero-order valence-electron chi connectivity index (χ0n) is 20.7. The number of fused-ring (bicyclic) bond motifs is 6. The second kappa shape index (κ2) is 7.83. The molecule has 2 aliphatic heterocycles. The Labute approximate surface area is 221 Å². The van der Waals surface area contributed by atoms with E-state index in [1.165, 1.54) is 0 Å². The van der Waals surface area contributed by atoms with Crippen LogP contribution in [0.1, 0.15) is 19.8 Å². The first-order valence-corrected chi connectivity index (χ1v) is 12.4. The van der Waals surface area contributed by atoms with Crippen molar-refractivity contribution in [1.29, 1.82) is 21.0 Å². The molecule has 5 aliphatic rings. The number of aromatic nitrogens is 2. The Kier molecular flexibility index (Phi) is 4.49. The molecular weight excluding hydrogens is 484 g/mol. The van der Waals surface area contributed by atoms with Crippen molar-refractivity contribution in [2.75, 3.05) is 0 Å². The standard InChI is InChI=1S/C31H16N8/c1-31-27(17(14-34)15-35)19-7-3-5-9-21(19)30(31)38-24-10-22-23(11-25(24)39-31)37-29-26(16(12-32)13-33)18-6-2-4-8-20(18)28(29)36-22/h2-4,6-8,10-11,37H,5,9H2,1H3. The monoisotopic (exact) mass is 500 g/mol. The van der Waals surface area contributed by atoms with Crippen LogP contribution in [0.5, 0.6) is 0 Å².